The number of nitrogens with one attached hydrogen (secondary N) is 1. The van der Waals surface area contributed by atoms with Crippen LogP contribution in [0, 0.1) is 5.82 Å². The molecule has 2 aromatic carbocycles. The molecule has 3 heterocycles. The molecule has 0 fully saturated rings. The van der Waals surface area contributed by atoms with Crippen LogP contribution in [0.5, 0.6) is 5.75 Å². The summed E-state index contributed by atoms with van der Waals surface area (Å²) in [6.07, 6.45) is 3.13. The van der Waals surface area contributed by atoms with E-state index in [0.717, 1.165) is 24.5 Å². The molecule has 6 nitrogen and oxygen atoms in total. The third-order valence-corrected chi connectivity index (χ3v) is 5.65. The summed E-state index contributed by atoms with van der Waals surface area (Å²) in [5, 5.41) is 7.98. The Kier molecular flexibility index (Phi) is 5.31. The molecule has 7 heteroatoms. The van der Waals surface area contributed by atoms with Gasteiger partial charge in [0.2, 0.25) is 0 Å². The van der Waals surface area contributed by atoms with E-state index in [0.29, 0.717) is 40.8 Å². The number of nitrogens with zero attached hydrogens (tertiary/aromatic N) is 4. The smallest absolute Gasteiger partial charge is 0.134 e. The second-order valence-electron chi connectivity index (χ2n) is 8.14. The summed E-state index contributed by atoms with van der Waals surface area (Å²) in [4.78, 5) is 8.29. The van der Waals surface area contributed by atoms with Gasteiger partial charge in [0.25, 0.3) is 0 Å². The second kappa shape index (κ2) is 8.42. The van der Waals surface area contributed by atoms with E-state index in [4.69, 9.17) is 4.74 Å². The van der Waals surface area contributed by atoms with Crippen molar-refractivity contribution in [2.24, 2.45) is 0 Å². The van der Waals surface area contributed by atoms with Gasteiger partial charge >= 0.3 is 0 Å². The van der Waals surface area contributed by atoms with Crippen LogP contribution in [-0.4, -0.2) is 26.3 Å². The number of hydrogen-bond acceptors (Lipinski definition) is 5. The summed E-state index contributed by atoms with van der Waals surface area (Å²) in [6.45, 7) is 6.20. The number of anilines is 1. The summed E-state index contributed by atoms with van der Waals surface area (Å²) < 4.78 is 23.0. The Morgan fingerprint density at radius 3 is 2.69 bits per heavy atom. The maximum atomic E-state index is 15.3. The van der Waals surface area contributed by atoms with E-state index < -0.39 is 0 Å². The van der Waals surface area contributed by atoms with Crippen LogP contribution < -0.4 is 10.1 Å². The lowest BCUT2D eigenvalue weighted by Crippen LogP contribution is -1.99. The summed E-state index contributed by atoms with van der Waals surface area (Å²) in [7, 11) is 0. The zero-order valence-electron chi connectivity index (χ0n) is 18.0. The number of halogens is 1. The van der Waals surface area contributed by atoms with Crippen molar-refractivity contribution >= 4 is 5.82 Å². The van der Waals surface area contributed by atoms with Crippen LogP contribution in [0.15, 0.2) is 61.1 Å². The molecule has 2 aromatic heterocycles. The molecule has 1 aliphatic heterocycles. The Morgan fingerprint density at radius 1 is 1.12 bits per heavy atom. The summed E-state index contributed by atoms with van der Waals surface area (Å²) in [5.41, 5.74) is 4.78. The first kappa shape index (κ1) is 20.2. The number of ether oxygens (including phenoxy) is 1. The third kappa shape index (κ3) is 3.82. The van der Waals surface area contributed by atoms with Gasteiger partial charge in [-0.15, -0.1) is 0 Å². The Bertz CT molecular complexity index is 1240. The van der Waals surface area contributed by atoms with Gasteiger partial charge in [0.15, 0.2) is 0 Å². The summed E-state index contributed by atoms with van der Waals surface area (Å²) in [5.74, 6) is 1.41. The molecule has 32 heavy (non-hydrogen) atoms. The molecule has 0 atom stereocenters. The summed E-state index contributed by atoms with van der Waals surface area (Å²) in [6, 6.07) is 15.1. The van der Waals surface area contributed by atoms with Crippen molar-refractivity contribution in [1.82, 2.24) is 19.7 Å². The van der Waals surface area contributed by atoms with Crippen molar-refractivity contribution in [3.8, 4) is 28.3 Å². The van der Waals surface area contributed by atoms with E-state index in [1.807, 2.05) is 4.68 Å². The molecule has 1 N–H and O–H groups in total. The minimum atomic E-state index is -0.363. The van der Waals surface area contributed by atoms with E-state index >= 15 is 4.39 Å². The molecule has 0 radical (unpaired) electrons. The van der Waals surface area contributed by atoms with Crippen LogP contribution in [-0.2, 0) is 13.2 Å². The van der Waals surface area contributed by atoms with Crippen LogP contribution in [0.25, 0.3) is 22.5 Å². The van der Waals surface area contributed by atoms with Crippen LogP contribution in [0.2, 0.25) is 0 Å². The van der Waals surface area contributed by atoms with E-state index in [1.165, 1.54) is 18.0 Å². The topological polar surface area (TPSA) is 64.9 Å². The van der Waals surface area contributed by atoms with Crippen molar-refractivity contribution in [3.05, 3.63) is 78.0 Å². The van der Waals surface area contributed by atoms with E-state index in [2.05, 4.69) is 58.5 Å². The lowest BCUT2D eigenvalue weighted by Gasteiger charge is -2.11. The molecule has 5 rings (SSSR count). The molecule has 1 aliphatic rings. The Morgan fingerprint density at radius 2 is 1.97 bits per heavy atom. The summed E-state index contributed by atoms with van der Waals surface area (Å²) >= 11 is 0. The molecule has 162 valence electrons. The van der Waals surface area contributed by atoms with Gasteiger partial charge in [-0.25, -0.2) is 19.0 Å². The highest BCUT2D eigenvalue weighted by Crippen LogP contribution is 2.40. The zero-order chi connectivity index (χ0) is 22.1. The van der Waals surface area contributed by atoms with E-state index in [1.54, 1.807) is 24.4 Å². The first-order valence-corrected chi connectivity index (χ1v) is 10.7. The number of aromatic nitrogens is 4. The fraction of sp³-hybridized carbons (Fsp3) is 0.240. The molecule has 4 aromatic rings. The Hall–Kier alpha value is -3.74. The first-order chi connectivity index (χ1) is 15.6. The van der Waals surface area contributed by atoms with Gasteiger partial charge in [-0.3, -0.25) is 0 Å². The van der Waals surface area contributed by atoms with Crippen molar-refractivity contribution in [3.63, 3.8) is 0 Å². The lowest BCUT2D eigenvalue weighted by molar-refractivity contribution is 0.304. The number of hydrogen-bond donors (Lipinski definition) is 1. The van der Waals surface area contributed by atoms with Crippen molar-refractivity contribution in [1.29, 1.82) is 0 Å². The normalized spacial score (nSPS) is 12.6. The van der Waals surface area contributed by atoms with Gasteiger partial charge in [0, 0.05) is 24.4 Å². The lowest BCUT2D eigenvalue weighted by atomic mass is 10.0. The zero-order valence-corrected chi connectivity index (χ0v) is 18.0. The highest BCUT2D eigenvalue weighted by Gasteiger charge is 2.26. The fourth-order valence-electron chi connectivity index (χ4n) is 3.90. The SMILES string of the molecule is CC(C)c1ccc(COc2ccc(-c3c(-c4ccncn4)nn4c3NCC4)c(F)c2)cc1. The second-order valence-corrected chi connectivity index (χ2v) is 8.14. The molecule has 0 unspecified atom stereocenters. The van der Waals surface area contributed by atoms with Crippen LogP contribution >= 0.6 is 0 Å². The molecule has 0 amide bonds. The molecule has 0 saturated carbocycles. The van der Waals surface area contributed by atoms with Crippen LogP contribution in [0.4, 0.5) is 10.2 Å². The van der Waals surface area contributed by atoms with Crippen LogP contribution in [0.1, 0.15) is 30.9 Å². The highest BCUT2D eigenvalue weighted by molar-refractivity contribution is 5.88. The predicted molar refractivity (Wildman–Crippen MR) is 122 cm³/mol. The van der Waals surface area contributed by atoms with Gasteiger partial charge < -0.3 is 10.1 Å². The quantitative estimate of drug-likeness (QED) is 0.452. The predicted octanol–water partition coefficient (Wildman–Crippen LogP) is 5.27. The molecular formula is C25H24FN5O. The minimum absolute atomic E-state index is 0.363. The monoisotopic (exact) mass is 429 g/mol. The average molecular weight is 429 g/mol. The van der Waals surface area contributed by atoms with Crippen LogP contribution in [0.3, 0.4) is 0 Å². The highest BCUT2D eigenvalue weighted by atomic mass is 19.1. The van der Waals surface area contributed by atoms with Crippen molar-refractivity contribution in [2.75, 3.05) is 11.9 Å². The average Bonchev–Trinajstić information content (AvgIpc) is 3.40. The van der Waals surface area contributed by atoms with Gasteiger partial charge in [0.05, 0.1) is 17.8 Å². The number of fused-ring (bicyclic) bond motifs is 1. The standard InChI is InChI=1S/C25H24FN5O/c1-16(2)18-5-3-17(4-6-18)14-32-19-7-8-20(21(26)13-19)23-24(22-9-10-27-15-29-22)30-31-12-11-28-25(23)31/h3-10,13,15-16,28H,11-12,14H2,1-2H3. The molecular weight excluding hydrogens is 405 g/mol. The molecule has 0 bridgehead atoms. The number of benzene rings is 2. The van der Waals surface area contributed by atoms with Crippen molar-refractivity contribution in [2.45, 2.75) is 32.9 Å². The van der Waals surface area contributed by atoms with Gasteiger partial charge in [0.1, 0.15) is 36.0 Å². The molecule has 0 saturated heterocycles. The number of rotatable bonds is 6. The van der Waals surface area contributed by atoms with E-state index in [-0.39, 0.29) is 5.82 Å². The van der Waals surface area contributed by atoms with Gasteiger partial charge in [-0.05, 0) is 35.2 Å². The Balaban J connectivity index is 1.42. The maximum Gasteiger partial charge on any atom is 0.134 e. The minimum Gasteiger partial charge on any atom is -0.489 e. The third-order valence-electron chi connectivity index (χ3n) is 5.65. The molecule has 0 spiro atoms. The fourth-order valence-corrected chi connectivity index (χ4v) is 3.90. The molecule has 0 aliphatic carbocycles. The van der Waals surface area contributed by atoms with Gasteiger partial charge in [-0.1, -0.05) is 38.1 Å². The van der Waals surface area contributed by atoms with Gasteiger partial charge in [-0.2, -0.15) is 5.10 Å². The Labute approximate surface area is 186 Å². The first-order valence-electron chi connectivity index (χ1n) is 10.7. The van der Waals surface area contributed by atoms with Crippen molar-refractivity contribution < 1.29 is 9.13 Å². The maximum absolute atomic E-state index is 15.3. The largest absolute Gasteiger partial charge is 0.489 e. The van der Waals surface area contributed by atoms with E-state index in [9.17, 15) is 0 Å².